The summed E-state index contributed by atoms with van der Waals surface area (Å²) < 4.78 is 2.32. The van der Waals surface area contributed by atoms with Crippen molar-refractivity contribution in [3.63, 3.8) is 0 Å². The van der Waals surface area contributed by atoms with Crippen molar-refractivity contribution >= 4 is 24.0 Å². The highest BCUT2D eigenvalue weighted by Crippen LogP contribution is 2.39. The summed E-state index contributed by atoms with van der Waals surface area (Å²) >= 11 is 0. The molecule has 0 fully saturated rings. The van der Waals surface area contributed by atoms with Gasteiger partial charge in [0.15, 0.2) is 12.3 Å². The Morgan fingerprint density at radius 2 is 1.77 bits per heavy atom. The van der Waals surface area contributed by atoms with Gasteiger partial charge in [-0.15, -0.1) is 0 Å². The number of benzene rings is 2. The van der Waals surface area contributed by atoms with E-state index < -0.39 is 7.12 Å². The van der Waals surface area contributed by atoms with Gasteiger partial charge in [0, 0.05) is 24.1 Å². The smallest absolute Gasteiger partial charge is 0.423 e. The molecule has 0 aliphatic carbocycles. The van der Waals surface area contributed by atoms with Gasteiger partial charge in [-0.25, -0.2) is 0 Å². The predicted molar refractivity (Wildman–Crippen MR) is 90.0 cm³/mol. The summed E-state index contributed by atoms with van der Waals surface area (Å²) in [5.74, 6) is 0. The van der Waals surface area contributed by atoms with Gasteiger partial charge in [0.05, 0.1) is 5.41 Å². The number of fused-ring (bicyclic) bond motifs is 1. The second-order valence-electron chi connectivity index (χ2n) is 6.43. The molecular weight excluding hydrogens is 273 g/mol. The maximum atomic E-state index is 9.34. The number of hydrogen-bond donors (Lipinski definition) is 2. The van der Waals surface area contributed by atoms with E-state index >= 15 is 0 Å². The minimum Gasteiger partial charge on any atom is -0.423 e. The van der Waals surface area contributed by atoms with E-state index in [0.29, 0.717) is 5.46 Å². The summed E-state index contributed by atoms with van der Waals surface area (Å²) in [6.45, 7) is 7.39. The Labute approximate surface area is 131 Å². The van der Waals surface area contributed by atoms with Crippen molar-refractivity contribution in [1.29, 1.82) is 0 Å². The Hall–Kier alpha value is -1.91. The van der Waals surface area contributed by atoms with Gasteiger partial charge in [0.2, 0.25) is 5.69 Å². The van der Waals surface area contributed by atoms with E-state index in [1.54, 1.807) is 6.07 Å². The molecular formula is C18H21BNO2+. The van der Waals surface area contributed by atoms with Crippen molar-refractivity contribution in [3.05, 3.63) is 59.7 Å². The van der Waals surface area contributed by atoms with Crippen molar-refractivity contribution in [2.24, 2.45) is 0 Å². The molecule has 22 heavy (non-hydrogen) atoms. The number of hydrogen-bond acceptors (Lipinski definition) is 2. The quantitative estimate of drug-likeness (QED) is 0.671. The zero-order chi connectivity index (χ0) is 15.9. The van der Waals surface area contributed by atoms with Gasteiger partial charge < -0.3 is 10.0 Å². The molecule has 2 aromatic carbocycles. The zero-order valence-corrected chi connectivity index (χ0v) is 13.2. The monoisotopic (exact) mass is 294 g/mol. The number of rotatable bonds is 3. The van der Waals surface area contributed by atoms with Crippen LogP contribution in [-0.2, 0) is 12.0 Å². The molecule has 112 valence electrons. The van der Waals surface area contributed by atoms with Crippen LogP contribution >= 0.6 is 0 Å². The van der Waals surface area contributed by atoms with Crippen molar-refractivity contribution in [2.75, 3.05) is 0 Å². The summed E-state index contributed by atoms with van der Waals surface area (Å²) in [5, 5.41) is 18.7. The van der Waals surface area contributed by atoms with Crippen LogP contribution in [0.1, 0.15) is 31.9 Å². The van der Waals surface area contributed by atoms with Crippen LogP contribution in [0, 0.1) is 0 Å². The highest BCUT2D eigenvalue weighted by molar-refractivity contribution is 6.58. The van der Waals surface area contributed by atoms with Crippen molar-refractivity contribution in [1.82, 2.24) is 0 Å². The molecule has 0 spiro atoms. The largest absolute Gasteiger partial charge is 0.488 e. The molecule has 0 saturated heterocycles. The van der Waals surface area contributed by atoms with E-state index in [1.165, 1.54) is 17.0 Å². The highest BCUT2D eigenvalue weighted by Gasteiger charge is 2.42. The first-order chi connectivity index (χ1) is 10.4. The molecule has 0 radical (unpaired) electrons. The maximum absolute atomic E-state index is 9.34. The average Bonchev–Trinajstić information content (AvgIpc) is 2.69. The molecule has 0 aromatic heterocycles. The summed E-state index contributed by atoms with van der Waals surface area (Å²) in [6, 6.07) is 16.0. The van der Waals surface area contributed by atoms with E-state index in [2.05, 4.69) is 49.6 Å². The predicted octanol–water partition coefficient (Wildman–Crippen LogP) is 1.96. The summed E-state index contributed by atoms with van der Waals surface area (Å²) in [6.07, 6.45) is 0. The third kappa shape index (κ3) is 2.38. The Bertz CT molecular complexity index is 750. The molecule has 1 aliphatic rings. The molecule has 3 rings (SSSR count). The zero-order valence-electron chi connectivity index (χ0n) is 13.2. The fourth-order valence-electron chi connectivity index (χ4n) is 3.19. The van der Waals surface area contributed by atoms with Gasteiger partial charge in [-0.2, -0.15) is 4.58 Å². The molecule has 1 heterocycles. The van der Waals surface area contributed by atoms with Crippen LogP contribution in [0.4, 0.5) is 5.69 Å². The van der Waals surface area contributed by atoms with Crippen molar-refractivity contribution in [2.45, 2.75) is 32.7 Å². The fraction of sp³-hybridized carbons (Fsp3) is 0.278. The van der Waals surface area contributed by atoms with Crippen LogP contribution in [0.5, 0.6) is 0 Å². The van der Waals surface area contributed by atoms with Crippen LogP contribution in [0.25, 0.3) is 0 Å². The molecule has 0 unspecified atom stereocenters. The summed E-state index contributed by atoms with van der Waals surface area (Å²) in [4.78, 5) is 0. The molecule has 0 atom stereocenters. The van der Waals surface area contributed by atoms with Crippen LogP contribution in [0.15, 0.2) is 48.5 Å². The van der Waals surface area contributed by atoms with E-state index in [4.69, 9.17) is 0 Å². The molecule has 0 saturated carbocycles. The third-order valence-corrected chi connectivity index (χ3v) is 4.77. The Balaban J connectivity index is 2.02. The second-order valence-corrected chi connectivity index (χ2v) is 6.43. The molecule has 4 heteroatoms. The van der Waals surface area contributed by atoms with Crippen LogP contribution in [-0.4, -0.2) is 27.5 Å². The maximum Gasteiger partial charge on any atom is 0.488 e. The summed E-state index contributed by atoms with van der Waals surface area (Å²) in [5.41, 5.74) is 5.50. The molecule has 2 aromatic rings. The minimum atomic E-state index is -1.42. The number of nitrogens with zero attached hydrogens (tertiary/aromatic N) is 1. The van der Waals surface area contributed by atoms with E-state index in [0.717, 1.165) is 12.1 Å². The van der Waals surface area contributed by atoms with Gasteiger partial charge >= 0.3 is 7.12 Å². The van der Waals surface area contributed by atoms with Gasteiger partial charge in [-0.05, 0) is 19.3 Å². The lowest BCUT2D eigenvalue weighted by atomic mass is 9.79. The first kappa shape index (κ1) is 15.0. The third-order valence-electron chi connectivity index (χ3n) is 4.77. The van der Waals surface area contributed by atoms with E-state index in [9.17, 15) is 10.0 Å². The topological polar surface area (TPSA) is 43.5 Å². The van der Waals surface area contributed by atoms with Gasteiger partial charge in [0.25, 0.3) is 0 Å². The lowest BCUT2D eigenvalue weighted by Crippen LogP contribution is -2.30. The normalized spacial score (nSPS) is 15.9. The molecule has 0 amide bonds. The second kappa shape index (κ2) is 5.38. The number of para-hydroxylation sites is 1. The van der Waals surface area contributed by atoms with Crippen LogP contribution in [0.2, 0.25) is 0 Å². The average molecular weight is 294 g/mol. The first-order valence-corrected chi connectivity index (χ1v) is 7.57. The van der Waals surface area contributed by atoms with Crippen molar-refractivity contribution < 1.29 is 14.6 Å². The van der Waals surface area contributed by atoms with Crippen LogP contribution in [0.3, 0.4) is 0 Å². The molecule has 1 aliphatic heterocycles. The van der Waals surface area contributed by atoms with Crippen molar-refractivity contribution in [3.8, 4) is 0 Å². The SMILES string of the molecule is CC1=[N+](Cc2cccc(B(O)O)c2)c2ccccc2C1(C)C. The lowest BCUT2D eigenvalue weighted by Gasteiger charge is -2.14. The molecule has 3 nitrogen and oxygen atoms in total. The molecule has 0 bridgehead atoms. The lowest BCUT2D eigenvalue weighted by molar-refractivity contribution is -0.456. The Morgan fingerprint density at radius 3 is 2.50 bits per heavy atom. The van der Waals surface area contributed by atoms with E-state index in [1.807, 2.05) is 18.2 Å². The summed E-state index contributed by atoms with van der Waals surface area (Å²) in [7, 11) is -1.42. The highest BCUT2D eigenvalue weighted by atomic mass is 16.4. The first-order valence-electron chi connectivity index (χ1n) is 7.57. The standard InChI is InChI=1S/C18H21BNO2/c1-13-18(2,3)16-9-4-5-10-17(16)20(13)12-14-7-6-8-15(11-14)19(21)22/h4-11,21-22H,12H2,1-3H3/q+1. The van der Waals surface area contributed by atoms with Gasteiger partial charge in [0.1, 0.15) is 0 Å². The van der Waals surface area contributed by atoms with E-state index in [-0.39, 0.29) is 5.41 Å². The Kier molecular flexibility index (Phi) is 3.67. The molecule has 2 N–H and O–H groups in total. The van der Waals surface area contributed by atoms with Gasteiger partial charge in [-0.1, -0.05) is 42.5 Å². The Morgan fingerprint density at radius 1 is 1.05 bits per heavy atom. The fourth-order valence-corrected chi connectivity index (χ4v) is 3.19. The van der Waals surface area contributed by atoms with Gasteiger partial charge in [-0.3, -0.25) is 0 Å². The minimum absolute atomic E-state index is 0.0185. The van der Waals surface area contributed by atoms with Crippen LogP contribution < -0.4 is 5.46 Å².